The van der Waals surface area contributed by atoms with E-state index in [-0.39, 0.29) is 12.6 Å². The van der Waals surface area contributed by atoms with E-state index in [0.29, 0.717) is 5.84 Å². The average Bonchev–Trinajstić information content (AvgIpc) is 3.18. The molecule has 138 valence electrons. The highest BCUT2D eigenvalue weighted by Gasteiger charge is 2.49. The van der Waals surface area contributed by atoms with Crippen molar-refractivity contribution in [3.05, 3.63) is 0 Å². The molecule has 0 aromatic heterocycles. The third-order valence-corrected chi connectivity index (χ3v) is 5.08. The second kappa shape index (κ2) is 6.96. The van der Waals surface area contributed by atoms with Gasteiger partial charge in [-0.25, -0.2) is 15.0 Å². The zero-order chi connectivity index (χ0) is 17.4. The SMILES string of the molecule is OC[C@H]1O[C@@H](N2C=NC3C(NN4CCCCC4)=NC=NC32)[C@H](O)[C@@H]1O. The molecule has 0 aromatic carbocycles. The third-order valence-electron chi connectivity index (χ3n) is 5.08. The molecule has 4 aliphatic rings. The summed E-state index contributed by atoms with van der Waals surface area (Å²) in [6, 6.07) is -0.312. The Hall–Kier alpha value is -1.59. The predicted molar refractivity (Wildman–Crippen MR) is 90.2 cm³/mol. The molecule has 4 heterocycles. The number of piperidine rings is 1. The molecule has 2 unspecified atom stereocenters. The number of aliphatic hydroxyl groups is 3. The van der Waals surface area contributed by atoms with E-state index < -0.39 is 30.7 Å². The van der Waals surface area contributed by atoms with E-state index in [2.05, 4.69) is 25.4 Å². The van der Waals surface area contributed by atoms with Gasteiger partial charge < -0.3 is 30.4 Å². The Morgan fingerprint density at radius 3 is 2.68 bits per heavy atom. The molecule has 2 saturated heterocycles. The molecule has 6 atom stereocenters. The molecule has 4 aliphatic heterocycles. The van der Waals surface area contributed by atoms with Gasteiger partial charge in [-0.05, 0) is 12.8 Å². The molecule has 0 aliphatic carbocycles. The second-order valence-corrected chi connectivity index (χ2v) is 6.74. The van der Waals surface area contributed by atoms with E-state index in [1.54, 1.807) is 11.2 Å². The molecule has 25 heavy (non-hydrogen) atoms. The summed E-state index contributed by atoms with van der Waals surface area (Å²) in [6.45, 7) is 1.58. The maximum atomic E-state index is 10.2. The molecule has 0 amide bonds. The second-order valence-electron chi connectivity index (χ2n) is 6.74. The van der Waals surface area contributed by atoms with Crippen molar-refractivity contribution in [2.24, 2.45) is 15.0 Å². The molecule has 10 heteroatoms. The minimum atomic E-state index is -1.14. The van der Waals surface area contributed by atoms with Gasteiger partial charge >= 0.3 is 0 Å². The molecular weight excluding hydrogens is 328 g/mol. The van der Waals surface area contributed by atoms with Gasteiger partial charge in [-0.1, -0.05) is 6.42 Å². The number of aliphatic hydroxyl groups excluding tert-OH is 3. The maximum Gasteiger partial charge on any atom is 0.162 e. The van der Waals surface area contributed by atoms with Gasteiger partial charge in [-0.2, -0.15) is 0 Å². The van der Waals surface area contributed by atoms with Crippen LogP contribution in [0.5, 0.6) is 0 Å². The Kier molecular flexibility index (Phi) is 4.69. The highest BCUT2D eigenvalue weighted by molar-refractivity contribution is 5.97. The van der Waals surface area contributed by atoms with Gasteiger partial charge in [0.25, 0.3) is 0 Å². The molecular formula is C15H24N6O4. The summed E-state index contributed by atoms with van der Waals surface area (Å²) in [7, 11) is 0. The normalized spacial score (nSPS) is 41.1. The van der Waals surface area contributed by atoms with Crippen LogP contribution in [0.2, 0.25) is 0 Å². The monoisotopic (exact) mass is 352 g/mol. The maximum absolute atomic E-state index is 10.2. The molecule has 2 fully saturated rings. The van der Waals surface area contributed by atoms with Gasteiger partial charge in [0.2, 0.25) is 0 Å². The van der Waals surface area contributed by atoms with Crippen molar-refractivity contribution in [2.45, 2.75) is 56.0 Å². The van der Waals surface area contributed by atoms with E-state index in [1.165, 1.54) is 12.8 Å². The molecule has 0 spiro atoms. The van der Waals surface area contributed by atoms with E-state index in [4.69, 9.17) is 4.74 Å². The van der Waals surface area contributed by atoms with Crippen molar-refractivity contribution in [3.8, 4) is 0 Å². The molecule has 4 rings (SSSR count). The number of fused-ring (bicyclic) bond motifs is 1. The van der Waals surface area contributed by atoms with Crippen LogP contribution in [0.25, 0.3) is 0 Å². The smallest absolute Gasteiger partial charge is 0.162 e. The van der Waals surface area contributed by atoms with Crippen LogP contribution in [0.3, 0.4) is 0 Å². The topological polar surface area (TPSA) is 126 Å². The van der Waals surface area contributed by atoms with Gasteiger partial charge in [0, 0.05) is 13.1 Å². The first-order chi connectivity index (χ1) is 12.2. The van der Waals surface area contributed by atoms with Crippen molar-refractivity contribution in [3.63, 3.8) is 0 Å². The van der Waals surface area contributed by atoms with E-state index in [9.17, 15) is 15.3 Å². The summed E-state index contributed by atoms with van der Waals surface area (Å²) in [5.41, 5.74) is 3.34. The minimum absolute atomic E-state index is 0.312. The quantitative estimate of drug-likeness (QED) is 0.458. The van der Waals surface area contributed by atoms with Crippen LogP contribution in [-0.2, 0) is 4.74 Å². The Morgan fingerprint density at radius 2 is 1.96 bits per heavy atom. The molecule has 0 radical (unpaired) electrons. The fourth-order valence-electron chi connectivity index (χ4n) is 3.67. The number of hydrogen-bond donors (Lipinski definition) is 4. The Bertz CT molecular complexity index is 578. The fraction of sp³-hybridized carbons (Fsp3) is 0.800. The first-order valence-electron chi connectivity index (χ1n) is 8.73. The van der Waals surface area contributed by atoms with E-state index in [0.717, 1.165) is 25.9 Å². The zero-order valence-electron chi connectivity index (χ0n) is 13.8. The van der Waals surface area contributed by atoms with Crippen LogP contribution in [0.1, 0.15) is 19.3 Å². The van der Waals surface area contributed by atoms with E-state index in [1.807, 2.05) is 0 Å². The number of amidine groups is 1. The Morgan fingerprint density at radius 1 is 1.16 bits per heavy atom. The standard InChI is InChI=1S/C15H24N6O4/c22-6-9-11(23)12(24)15(25-9)21-8-18-10-13(16-7-17-14(10)21)19-20-4-2-1-3-5-20/h7-12,14-15,22-24H,1-6H2,(H,16,17,19)/t9-,10?,11-,12-,14?,15-/m1/s1. The lowest BCUT2D eigenvalue weighted by molar-refractivity contribution is -0.0779. The first kappa shape index (κ1) is 16.9. The summed E-state index contributed by atoms with van der Waals surface area (Å²) in [5.74, 6) is 0.715. The van der Waals surface area contributed by atoms with Crippen molar-refractivity contribution < 1.29 is 20.1 Å². The van der Waals surface area contributed by atoms with Gasteiger partial charge in [-0.15, -0.1) is 0 Å². The summed E-state index contributed by atoms with van der Waals surface area (Å²) >= 11 is 0. The number of nitrogens with zero attached hydrogens (tertiary/aromatic N) is 5. The third kappa shape index (κ3) is 3.04. The largest absolute Gasteiger partial charge is 0.394 e. The Labute approximate surface area is 145 Å². The number of hydrogen-bond acceptors (Lipinski definition) is 10. The van der Waals surface area contributed by atoms with Gasteiger partial charge in [0.05, 0.1) is 12.9 Å². The van der Waals surface area contributed by atoms with Gasteiger partial charge in [-0.3, -0.25) is 4.99 Å². The van der Waals surface area contributed by atoms with Crippen LogP contribution >= 0.6 is 0 Å². The van der Waals surface area contributed by atoms with Crippen LogP contribution in [0, 0.1) is 0 Å². The lowest BCUT2D eigenvalue weighted by Gasteiger charge is -2.34. The van der Waals surface area contributed by atoms with Crippen molar-refractivity contribution in [2.75, 3.05) is 19.7 Å². The molecule has 4 N–H and O–H groups in total. The number of nitrogens with one attached hydrogen (secondary N) is 1. The van der Waals surface area contributed by atoms with Crippen LogP contribution < -0.4 is 5.43 Å². The summed E-state index contributed by atoms with van der Waals surface area (Å²) < 4.78 is 5.59. The lowest BCUT2D eigenvalue weighted by atomic mass is 10.1. The molecule has 0 bridgehead atoms. The minimum Gasteiger partial charge on any atom is -0.394 e. The number of ether oxygens (including phenoxy) is 1. The predicted octanol–water partition coefficient (Wildman–Crippen LogP) is -2.11. The summed E-state index contributed by atoms with van der Waals surface area (Å²) in [5, 5.41) is 31.6. The van der Waals surface area contributed by atoms with Crippen LogP contribution in [-0.4, -0.2) is 100 Å². The lowest BCUT2D eigenvalue weighted by Crippen LogP contribution is -2.55. The molecule has 0 aromatic rings. The van der Waals surface area contributed by atoms with Crippen molar-refractivity contribution in [1.82, 2.24) is 15.3 Å². The number of rotatable bonds is 3. The van der Waals surface area contributed by atoms with Crippen molar-refractivity contribution >= 4 is 18.5 Å². The summed E-state index contributed by atoms with van der Waals surface area (Å²) in [4.78, 5) is 14.8. The highest BCUT2D eigenvalue weighted by atomic mass is 16.6. The first-order valence-corrected chi connectivity index (χ1v) is 8.73. The van der Waals surface area contributed by atoms with Crippen molar-refractivity contribution in [1.29, 1.82) is 0 Å². The molecule has 0 saturated carbocycles. The number of hydrazine groups is 1. The number of aliphatic imine (C=N–C) groups is 3. The fourth-order valence-corrected chi connectivity index (χ4v) is 3.67. The summed E-state index contributed by atoms with van der Waals surface area (Å²) in [6.07, 6.45) is 2.30. The van der Waals surface area contributed by atoms with E-state index >= 15 is 0 Å². The highest BCUT2D eigenvalue weighted by Crippen LogP contribution is 2.29. The Balaban J connectivity index is 1.45. The van der Waals surface area contributed by atoms with Crippen LogP contribution in [0.15, 0.2) is 15.0 Å². The average molecular weight is 352 g/mol. The van der Waals surface area contributed by atoms with Gasteiger partial charge in [0.15, 0.2) is 18.4 Å². The molecule has 10 nitrogen and oxygen atoms in total. The van der Waals surface area contributed by atoms with Gasteiger partial charge in [0.1, 0.15) is 30.5 Å². The zero-order valence-corrected chi connectivity index (χ0v) is 13.8. The van der Waals surface area contributed by atoms with Crippen LogP contribution in [0.4, 0.5) is 0 Å².